The van der Waals surface area contributed by atoms with Crippen LogP contribution in [0, 0.1) is 16.0 Å². The molecule has 0 unspecified atom stereocenters. The largest absolute Gasteiger partial charge is 0.458 e. The zero-order chi connectivity index (χ0) is 16.2. The molecular formula is C14H21N3O4. The molecule has 0 amide bonds. The monoisotopic (exact) mass is 295 g/mol. The van der Waals surface area contributed by atoms with E-state index in [-0.39, 0.29) is 17.4 Å². The third-order valence-electron chi connectivity index (χ3n) is 2.60. The second kappa shape index (κ2) is 6.51. The van der Waals surface area contributed by atoms with Gasteiger partial charge in [-0.05, 0) is 32.8 Å². The number of nitro groups is 1. The number of carbonyl (C=O) groups is 1. The van der Waals surface area contributed by atoms with E-state index < -0.39 is 22.5 Å². The molecule has 1 N–H and O–H groups in total. The van der Waals surface area contributed by atoms with Gasteiger partial charge in [0.1, 0.15) is 11.6 Å². The number of anilines is 1. The molecule has 0 aliphatic carbocycles. The molecule has 7 nitrogen and oxygen atoms in total. The number of hydrogen-bond acceptors (Lipinski definition) is 6. The summed E-state index contributed by atoms with van der Waals surface area (Å²) in [5.74, 6) is -0.508. The molecule has 0 radical (unpaired) electrons. The predicted molar refractivity (Wildman–Crippen MR) is 79.0 cm³/mol. The summed E-state index contributed by atoms with van der Waals surface area (Å²) in [6.45, 7) is 8.97. The van der Waals surface area contributed by atoms with Crippen molar-refractivity contribution < 1.29 is 14.5 Å². The van der Waals surface area contributed by atoms with Crippen molar-refractivity contribution in [2.24, 2.45) is 5.92 Å². The fourth-order valence-electron chi connectivity index (χ4n) is 1.67. The van der Waals surface area contributed by atoms with Gasteiger partial charge in [-0.2, -0.15) is 0 Å². The van der Waals surface area contributed by atoms with Gasteiger partial charge in [0, 0.05) is 12.3 Å². The maximum absolute atomic E-state index is 12.2. The Morgan fingerprint density at radius 1 is 1.43 bits per heavy atom. The van der Waals surface area contributed by atoms with Crippen molar-refractivity contribution in [1.29, 1.82) is 0 Å². The number of nitrogens with one attached hydrogen (secondary N) is 1. The van der Waals surface area contributed by atoms with E-state index in [4.69, 9.17) is 4.74 Å². The maximum atomic E-state index is 12.2. The van der Waals surface area contributed by atoms with Crippen LogP contribution < -0.4 is 5.32 Å². The Kier molecular flexibility index (Phi) is 5.23. The number of pyridine rings is 1. The standard InChI is InChI=1S/C14H21N3O4/c1-9(2)11(13(18)21-14(3,4)5)16-12-10(17(19)20)7-6-8-15-12/h6-9,11H,1-5H3,(H,15,16)/t11-/m1/s1. The lowest BCUT2D eigenvalue weighted by atomic mass is 10.0. The number of carbonyl (C=O) groups excluding carboxylic acids is 1. The summed E-state index contributed by atoms with van der Waals surface area (Å²) in [6.07, 6.45) is 1.43. The van der Waals surface area contributed by atoms with Gasteiger partial charge in [0.25, 0.3) is 0 Å². The van der Waals surface area contributed by atoms with Crippen LogP contribution in [0.2, 0.25) is 0 Å². The van der Waals surface area contributed by atoms with Gasteiger partial charge in [-0.1, -0.05) is 13.8 Å². The molecule has 0 aromatic carbocycles. The highest BCUT2D eigenvalue weighted by Crippen LogP contribution is 2.23. The van der Waals surface area contributed by atoms with Crippen LogP contribution >= 0.6 is 0 Å². The molecule has 0 fully saturated rings. The average Bonchev–Trinajstić information content (AvgIpc) is 2.33. The maximum Gasteiger partial charge on any atom is 0.329 e. The number of esters is 1. The minimum absolute atomic E-state index is 0.0621. The summed E-state index contributed by atoms with van der Waals surface area (Å²) in [7, 11) is 0. The first-order valence-electron chi connectivity index (χ1n) is 6.70. The van der Waals surface area contributed by atoms with Crippen LogP contribution in [-0.4, -0.2) is 27.5 Å². The van der Waals surface area contributed by atoms with Crippen molar-refractivity contribution in [3.8, 4) is 0 Å². The lowest BCUT2D eigenvalue weighted by molar-refractivity contribution is -0.384. The lowest BCUT2D eigenvalue weighted by Crippen LogP contribution is -2.40. The van der Waals surface area contributed by atoms with E-state index in [1.807, 2.05) is 13.8 Å². The van der Waals surface area contributed by atoms with E-state index in [2.05, 4.69) is 10.3 Å². The van der Waals surface area contributed by atoms with Crippen molar-refractivity contribution in [1.82, 2.24) is 4.98 Å². The van der Waals surface area contributed by atoms with Crippen LogP contribution in [0.1, 0.15) is 34.6 Å². The summed E-state index contributed by atoms with van der Waals surface area (Å²) < 4.78 is 5.33. The quantitative estimate of drug-likeness (QED) is 0.510. The van der Waals surface area contributed by atoms with Crippen LogP contribution in [0.4, 0.5) is 11.5 Å². The number of aromatic nitrogens is 1. The van der Waals surface area contributed by atoms with Crippen molar-refractivity contribution >= 4 is 17.5 Å². The van der Waals surface area contributed by atoms with Gasteiger partial charge >= 0.3 is 11.7 Å². The number of hydrogen-bond donors (Lipinski definition) is 1. The first kappa shape index (κ1) is 16.9. The molecule has 0 spiro atoms. The van der Waals surface area contributed by atoms with E-state index in [9.17, 15) is 14.9 Å². The van der Waals surface area contributed by atoms with Gasteiger partial charge < -0.3 is 10.1 Å². The van der Waals surface area contributed by atoms with Crippen molar-refractivity contribution in [3.05, 3.63) is 28.4 Å². The second-order valence-electron chi connectivity index (χ2n) is 6.03. The molecule has 21 heavy (non-hydrogen) atoms. The number of ether oxygens (including phenoxy) is 1. The van der Waals surface area contributed by atoms with Gasteiger partial charge in [0.15, 0.2) is 0 Å². The molecule has 1 aromatic heterocycles. The van der Waals surface area contributed by atoms with Crippen molar-refractivity contribution in [2.45, 2.75) is 46.3 Å². The Morgan fingerprint density at radius 2 is 2.05 bits per heavy atom. The summed E-state index contributed by atoms with van der Waals surface area (Å²) in [5.41, 5.74) is -0.797. The minimum Gasteiger partial charge on any atom is -0.458 e. The minimum atomic E-state index is -0.710. The number of rotatable bonds is 5. The third kappa shape index (κ3) is 5.02. The van der Waals surface area contributed by atoms with Crippen molar-refractivity contribution in [2.75, 3.05) is 5.32 Å². The molecule has 1 aromatic rings. The molecule has 0 aliphatic heterocycles. The summed E-state index contributed by atoms with van der Waals surface area (Å²) >= 11 is 0. The first-order valence-corrected chi connectivity index (χ1v) is 6.70. The SMILES string of the molecule is CC(C)[C@@H](Nc1ncccc1[N+](=O)[O-])C(=O)OC(C)(C)C. The second-order valence-corrected chi connectivity index (χ2v) is 6.03. The zero-order valence-electron chi connectivity index (χ0n) is 12.9. The van der Waals surface area contributed by atoms with Crippen LogP contribution in [0.15, 0.2) is 18.3 Å². The Bertz CT molecular complexity index is 523. The fourth-order valence-corrected chi connectivity index (χ4v) is 1.67. The van der Waals surface area contributed by atoms with Crippen LogP contribution in [0.25, 0.3) is 0 Å². The summed E-state index contributed by atoms with van der Waals surface area (Å²) in [6, 6.07) is 2.10. The Labute approximate surface area is 123 Å². The zero-order valence-corrected chi connectivity index (χ0v) is 12.9. The third-order valence-corrected chi connectivity index (χ3v) is 2.60. The molecule has 1 heterocycles. The van der Waals surface area contributed by atoms with Gasteiger partial charge in [-0.25, -0.2) is 9.78 Å². The van der Waals surface area contributed by atoms with Crippen LogP contribution in [0.5, 0.6) is 0 Å². The molecule has 1 atom stereocenters. The van der Waals surface area contributed by atoms with Crippen LogP contribution in [0.3, 0.4) is 0 Å². The highest BCUT2D eigenvalue weighted by Gasteiger charge is 2.30. The summed E-state index contributed by atoms with van der Waals surface area (Å²) in [5, 5.41) is 13.8. The Morgan fingerprint density at radius 3 is 2.52 bits per heavy atom. The van der Waals surface area contributed by atoms with Gasteiger partial charge in [0.05, 0.1) is 4.92 Å². The molecule has 0 saturated carbocycles. The predicted octanol–water partition coefficient (Wildman–Crippen LogP) is 2.77. The number of nitrogens with zero attached hydrogens (tertiary/aromatic N) is 2. The summed E-state index contributed by atoms with van der Waals surface area (Å²) in [4.78, 5) is 26.6. The lowest BCUT2D eigenvalue weighted by Gasteiger charge is -2.26. The first-order chi connectivity index (χ1) is 9.61. The van der Waals surface area contributed by atoms with E-state index in [1.54, 1.807) is 20.8 Å². The molecule has 0 aliphatic rings. The fraction of sp³-hybridized carbons (Fsp3) is 0.571. The Hall–Kier alpha value is -2.18. The van der Waals surface area contributed by atoms with E-state index in [1.165, 1.54) is 18.3 Å². The van der Waals surface area contributed by atoms with Gasteiger partial charge in [-0.15, -0.1) is 0 Å². The molecular weight excluding hydrogens is 274 g/mol. The van der Waals surface area contributed by atoms with E-state index >= 15 is 0 Å². The average molecular weight is 295 g/mol. The smallest absolute Gasteiger partial charge is 0.329 e. The van der Waals surface area contributed by atoms with E-state index in [0.717, 1.165) is 0 Å². The molecule has 0 bridgehead atoms. The Balaban J connectivity index is 3.00. The van der Waals surface area contributed by atoms with Gasteiger partial charge in [0.2, 0.25) is 5.82 Å². The highest BCUT2D eigenvalue weighted by atomic mass is 16.6. The van der Waals surface area contributed by atoms with Crippen molar-refractivity contribution in [3.63, 3.8) is 0 Å². The van der Waals surface area contributed by atoms with E-state index in [0.29, 0.717) is 0 Å². The van der Waals surface area contributed by atoms with Gasteiger partial charge in [-0.3, -0.25) is 10.1 Å². The molecule has 7 heteroatoms. The molecule has 1 rings (SSSR count). The topological polar surface area (TPSA) is 94.4 Å². The highest BCUT2D eigenvalue weighted by molar-refractivity contribution is 5.80. The molecule has 116 valence electrons. The van der Waals surface area contributed by atoms with Crippen LogP contribution in [-0.2, 0) is 9.53 Å². The molecule has 0 saturated heterocycles. The normalized spacial score (nSPS) is 12.9.